The maximum absolute atomic E-state index is 11.2. The summed E-state index contributed by atoms with van der Waals surface area (Å²) in [6, 6.07) is 7.03. The van der Waals surface area contributed by atoms with E-state index >= 15 is 0 Å². The zero-order valence-electron chi connectivity index (χ0n) is 12.4. The molecule has 2 rings (SSSR count). The van der Waals surface area contributed by atoms with Crippen molar-refractivity contribution < 1.29 is 24.6 Å². The Hall–Kier alpha value is -2.67. The molecule has 1 amide bonds. The van der Waals surface area contributed by atoms with Crippen molar-refractivity contribution in [3.8, 4) is 17.4 Å². The van der Waals surface area contributed by atoms with Gasteiger partial charge in [-0.25, -0.2) is 5.48 Å². The molecule has 0 bridgehead atoms. The molecule has 1 aromatic carbocycles. The number of carbonyl (C=O) groups excluding carboxylic acids is 1. The largest absolute Gasteiger partial charge is 0.497 e. The Kier molecular flexibility index (Phi) is 4.90. The third-order valence-electron chi connectivity index (χ3n) is 3.33. The van der Waals surface area contributed by atoms with E-state index in [0.717, 1.165) is 5.56 Å². The van der Waals surface area contributed by atoms with Crippen LogP contribution < -0.4 is 15.0 Å². The molecule has 7 heteroatoms. The Morgan fingerprint density at radius 2 is 2.00 bits per heavy atom. The summed E-state index contributed by atoms with van der Waals surface area (Å²) in [6.07, 6.45) is 1.56. The Balaban J connectivity index is 2.22. The number of methoxy groups -OCH3 is 2. The zero-order valence-corrected chi connectivity index (χ0v) is 12.4. The normalized spacial score (nSPS) is 10.3. The molecule has 0 radical (unpaired) electrons. The molecule has 3 N–H and O–H groups in total. The molecule has 0 saturated heterocycles. The average Bonchev–Trinajstić information content (AvgIpc) is 2.88. The Bertz CT molecular complexity index is 666. The molecule has 0 saturated carbocycles. The number of nitrogens with one attached hydrogen (secondary N) is 1. The van der Waals surface area contributed by atoms with Gasteiger partial charge < -0.3 is 19.1 Å². The average molecular weight is 306 g/mol. The van der Waals surface area contributed by atoms with Crippen molar-refractivity contribution in [2.24, 2.45) is 0 Å². The van der Waals surface area contributed by atoms with E-state index in [2.05, 4.69) is 0 Å². The number of hydroxylamine groups is 1. The Labute approximate surface area is 127 Å². The van der Waals surface area contributed by atoms with Crippen LogP contribution in [0.2, 0.25) is 0 Å². The van der Waals surface area contributed by atoms with Gasteiger partial charge in [0, 0.05) is 23.4 Å². The van der Waals surface area contributed by atoms with Crippen LogP contribution in [-0.4, -0.2) is 35.0 Å². The molecule has 118 valence electrons. The smallest absolute Gasteiger partial charge is 0.247 e. The molecule has 0 atom stereocenters. The monoisotopic (exact) mass is 306 g/mol. The van der Waals surface area contributed by atoms with E-state index < -0.39 is 5.91 Å². The molecule has 0 fully saturated rings. The maximum Gasteiger partial charge on any atom is 0.247 e. The van der Waals surface area contributed by atoms with Crippen LogP contribution in [0.1, 0.15) is 11.1 Å². The van der Waals surface area contributed by atoms with Crippen LogP contribution in [0.15, 0.2) is 30.5 Å². The van der Waals surface area contributed by atoms with Crippen molar-refractivity contribution >= 4 is 5.91 Å². The molecular formula is C15H18N2O5. The number of ether oxygens (including phenoxy) is 2. The number of hydrogen-bond acceptors (Lipinski definition) is 5. The molecule has 22 heavy (non-hydrogen) atoms. The van der Waals surface area contributed by atoms with Gasteiger partial charge in [0.15, 0.2) is 5.88 Å². The van der Waals surface area contributed by atoms with Gasteiger partial charge in [-0.15, -0.1) is 0 Å². The summed E-state index contributed by atoms with van der Waals surface area (Å²) in [5.41, 5.74) is 2.82. The number of hydrogen-bond donors (Lipinski definition) is 3. The van der Waals surface area contributed by atoms with Crippen molar-refractivity contribution in [3.63, 3.8) is 0 Å². The summed E-state index contributed by atoms with van der Waals surface area (Å²) < 4.78 is 12.0. The quantitative estimate of drug-likeness (QED) is 0.553. The van der Waals surface area contributed by atoms with Crippen molar-refractivity contribution in [1.29, 1.82) is 0 Å². The first-order chi connectivity index (χ1) is 10.6. The van der Waals surface area contributed by atoms with Gasteiger partial charge in [-0.1, -0.05) is 0 Å². The lowest BCUT2D eigenvalue weighted by Gasteiger charge is -2.12. The summed E-state index contributed by atoms with van der Waals surface area (Å²) in [6.45, 7) is 0.375. The summed E-state index contributed by atoms with van der Waals surface area (Å²) in [5.74, 6) is 0.705. The van der Waals surface area contributed by atoms with Gasteiger partial charge in [-0.05, 0) is 18.2 Å². The second-order valence-electron chi connectivity index (χ2n) is 4.68. The number of carbonyl (C=O) groups is 1. The predicted octanol–water partition coefficient (Wildman–Crippen LogP) is 1.31. The lowest BCUT2D eigenvalue weighted by molar-refractivity contribution is -0.128. The van der Waals surface area contributed by atoms with Crippen LogP contribution in [0, 0.1) is 0 Å². The van der Waals surface area contributed by atoms with E-state index in [0.29, 0.717) is 23.6 Å². The molecule has 0 aliphatic heterocycles. The number of aromatic hydroxyl groups is 1. The first-order valence-corrected chi connectivity index (χ1v) is 6.59. The number of amides is 1. The van der Waals surface area contributed by atoms with E-state index in [1.54, 1.807) is 43.2 Å². The van der Waals surface area contributed by atoms with Crippen LogP contribution in [0.25, 0.3) is 0 Å². The van der Waals surface area contributed by atoms with E-state index in [1.807, 2.05) is 6.07 Å². The molecule has 7 nitrogen and oxygen atoms in total. The highest BCUT2D eigenvalue weighted by Gasteiger charge is 2.13. The number of benzene rings is 1. The number of aromatic nitrogens is 1. The highest BCUT2D eigenvalue weighted by molar-refractivity contribution is 5.77. The van der Waals surface area contributed by atoms with E-state index in [9.17, 15) is 9.90 Å². The van der Waals surface area contributed by atoms with Gasteiger partial charge in [0.25, 0.3) is 0 Å². The lowest BCUT2D eigenvalue weighted by atomic mass is 10.2. The first-order valence-electron chi connectivity index (χ1n) is 6.59. The van der Waals surface area contributed by atoms with Gasteiger partial charge >= 0.3 is 0 Å². The van der Waals surface area contributed by atoms with Crippen LogP contribution >= 0.6 is 0 Å². The standard InChI is InChI=1S/C15H18N2O5/c1-21-12-4-3-11(13(8-12)22-2)9-17-6-5-10(15(17)19)7-14(18)16-20/h3-6,8,19-20H,7,9H2,1-2H3,(H,16,18). The third-order valence-corrected chi connectivity index (χ3v) is 3.33. The first kappa shape index (κ1) is 15.7. The fraction of sp³-hybridized carbons (Fsp3) is 0.267. The van der Waals surface area contributed by atoms with E-state index in [1.165, 1.54) is 5.48 Å². The second kappa shape index (κ2) is 6.86. The van der Waals surface area contributed by atoms with Crippen LogP contribution in [0.3, 0.4) is 0 Å². The number of nitrogens with zero attached hydrogens (tertiary/aromatic N) is 1. The Morgan fingerprint density at radius 3 is 2.64 bits per heavy atom. The molecule has 1 heterocycles. The van der Waals surface area contributed by atoms with Crippen molar-refractivity contribution in [2.75, 3.05) is 14.2 Å². The maximum atomic E-state index is 11.2. The predicted molar refractivity (Wildman–Crippen MR) is 78.4 cm³/mol. The van der Waals surface area contributed by atoms with Gasteiger partial charge in [0.1, 0.15) is 11.5 Å². The van der Waals surface area contributed by atoms with Crippen molar-refractivity contribution in [2.45, 2.75) is 13.0 Å². The summed E-state index contributed by atoms with van der Waals surface area (Å²) >= 11 is 0. The van der Waals surface area contributed by atoms with Crippen molar-refractivity contribution in [3.05, 3.63) is 41.6 Å². The lowest BCUT2D eigenvalue weighted by Crippen LogP contribution is -2.20. The topological polar surface area (TPSA) is 93.0 Å². The number of rotatable bonds is 6. The van der Waals surface area contributed by atoms with Gasteiger partial charge in [0.2, 0.25) is 5.91 Å². The Morgan fingerprint density at radius 1 is 1.23 bits per heavy atom. The van der Waals surface area contributed by atoms with E-state index in [4.69, 9.17) is 14.7 Å². The molecular weight excluding hydrogens is 288 g/mol. The third kappa shape index (κ3) is 3.32. The minimum absolute atomic E-state index is 0.0264. The van der Waals surface area contributed by atoms with Gasteiger partial charge in [-0.2, -0.15) is 0 Å². The van der Waals surface area contributed by atoms with Crippen LogP contribution in [0.5, 0.6) is 17.4 Å². The summed E-state index contributed by atoms with van der Waals surface area (Å²) in [7, 11) is 3.13. The van der Waals surface area contributed by atoms with Crippen molar-refractivity contribution in [1.82, 2.24) is 10.0 Å². The molecule has 2 aromatic rings. The molecule has 0 aliphatic rings. The molecule has 0 unspecified atom stereocenters. The SMILES string of the molecule is COc1ccc(Cn2ccc(CC(=O)NO)c2O)c(OC)c1. The second-order valence-corrected chi connectivity index (χ2v) is 4.68. The van der Waals surface area contributed by atoms with Gasteiger partial charge in [-0.3, -0.25) is 10.0 Å². The molecule has 1 aromatic heterocycles. The molecule has 0 spiro atoms. The fourth-order valence-corrected chi connectivity index (χ4v) is 2.15. The van der Waals surface area contributed by atoms with E-state index in [-0.39, 0.29) is 12.3 Å². The minimum Gasteiger partial charge on any atom is -0.497 e. The minimum atomic E-state index is -0.588. The highest BCUT2D eigenvalue weighted by atomic mass is 16.5. The zero-order chi connectivity index (χ0) is 16.1. The summed E-state index contributed by atoms with van der Waals surface area (Å²) in [5, 5.41) is 18.7. The van der Waals surface area contributed by atoms with Gasteiger partial charge in [0.05, 0.1) is 27.2 Å². The summed E-state index contributed by atoms with van der Waals surface area (Å²) in [4.78, 5) is 11.2. The van der Waals surface area contributed by atoms with Crippen LogP contribution in [0.4, 0.5) is 0 Å². The fourth-order valence-electron chi connectivity index (χ4n) is 2.15. The molecule has 0 aliphatic carbocycles. The highest BCUT2D eigenvalue weighted by Crippen LogP contribution is 2.27. The van der Waals surface area contributed by atoms with Crippen LogP contribution in [-0.2, 0) is 17.8 Å².